The van der Waals surface area contributed by atoms with E-state index >= 15 is 0 Å². The summed E-state index contributed by atoms with van der Waals surface area (Å²) in [4.78, 5) is 16.1. The van der Waals surface area contributed by atoms with Gasteiger partial charge < -0.3 is 24.5 Å². The van der Waals surface area contributed by atoms with Gasteiger partial charge in [-0.1, -0.05) is 30.3 Å². The Kier molecular flexibility index (Phi) is 5.94. The number of rotatable bonds is 6. The Labute approximate surface area is 196 Å². The van der Waals surface area contributed by atoms with E-state index in [-0.39, 0.29) is 30.4 Å². The Morgan fingerprint density at radius 3 is 2.65 bits per heavy atom. The Bertz CT molecular complexity index is 1350. The summed E-state index contributed by atoms with van der Waals surface area (Å²) in [7, 11) is 3.01. The van der Waals surface area contributed by atoms with E-state index in [1.807, 2.05) is 41.7 Å². The highest BCUT2D eigenvalue weighted by molar-refractivity contribution is 5.86. The third kappa shape index (κ3) is 3.99. The summed E-state index contributed by atoms with van der Waals surface area (Å²) >= 11 is 0. The van der Waals surface area contributed by atoms with Gasteiger partial charge in [-0.05, 0) is 42.0 Å². The second kappa shape index (κ2) is 9.19. The molecule has 1 aromatic heterocycles. The standard InChI is InChI=1S/C27H25FN2O4/c1-32-23-12-11-16(13-17(23)15-34-24-10-6-4-8-20(24)28)25-26-19(14-22(30-25)27(31)33-2)18-7-3-5-9-21(18)29-26/h3-13,22,25,29-30H,14-15H2,1-2H3/p+1/t22-,25+/m1/s1. The summed E-state index contributed by atoms with van der Waals surface area (Å²) < 4.78 is 30.4. The minimum atomic E-state index is -0.415. The smallest absolute Gasteiger partial charge is 0.364 e. The number of esters is 1. The average molecular weight is 462 g/mol. The number of methoxy groups -OCH3 is 2. The van der Waals surface area contributed by atoms with Crippen LogP contribution in [0.5, 0.6) is 11.5 Å². The molecule has 0 aliphatic carbocycles. The van der Waals surface area contributed by atoms with Crippen molar-refractivity contribution in [3.8, 4) is 11.5 Å². The zero-order valence-corrected chi connectivity index (χ0v) is 19.0. The maximum absolute atomic E-state index is 14.1. The van der Waals surface area contributed by atoms with E-state index in [0.29, 0.717) is 12.2 Å². The number of aromatic nitrogens is 1. The number of para-hydroxylation sites is 2. The van der Waals surface area contributed by atoms with Crippen LogP contribution in [0.1, 0.15) is 28.4 Å². The molecule has 6 nitrogen and oxygen atoms in total. The second-order valence-corrected chi connectivity index (χ2v) is 8.36. The monoisotopic (exact) mass is 461 g/mol. The van der Waals surface area contributed by atoms with Gasteiger partial charge in [0, 0.05) is 28.5 Å². The molecular weight excluding hydrogens is 435 g/mol. The summed E-state index contributed by atoms with van der Waals surface area (Å²) in [6.07, 6.45) is 0.585. The molecule has 0 saturated heterocycles. The van der Waals surface area contributed by atoms with E-state index in [0.717, 1.165) is 33.3 Å². The minimum Gasteiger partial charge on any atom is -0.496 e. The van der Waals surface area contributed by atoms with Crippen molar-refractivity contribution >= 4 is 16.9 Å². The first-order valence-corrected chi connectivity index (χ1v) is 11.2. The van der Waals surface area contributed by atoms with Crippen molar-refractivity contribution < 1.29 is 28.7 Å². The third-order valence-electron chi connectivity index (χ3n) is 6.39. The van der Waals surface area contributed by atoms with E-state index < -0.39 is 5.82 Å². The first-order valence-electron chi connectivity index (χ1n) is 11.2. The van der Waals surface area contributed by atoms with Crippen molar-refractivity contribution in [1.29, 1.82) is 0 Å². The second-order valence-electron chi connectivity index (χ2n) is 8.36. The first-order chi connectivity index (χ1) is 16.6. The van der Waals surface area contributed by atoms with Gasteiger partial charge in [0.1, 0.15) is 12.4 Å². The number of halogens is 1. The van der Waals surface area contributed by atoms with Crippen LogP contribution in [-0.2, 0) is 22.6 Å². The lowest BCUT2D eigenvalue weighted by Crippen LogP contribution is -2.94. The molecule has 3 aromatic carbocycles. The number of benzene rings is 3. The van der Waals surface area contributed by atoms with Crippen molar-refractivity contribution in [3.05, 3.63) is 94.9 Å². The summed E-state index contributed by atoms with van der Waals surface area (Å²) in [5, 5.41) is 3.15. The lowest BCUT2D eigenvalue weighted by molar-refractivity contribution is -0.712. The summed E-state index contributed by atoms with van der Waals surface area (Å²) in [6.45, 7) is 0.144. The van der Waals surface area contributed by atoms with Crippen LogP contribution >= 0.6 is 0 Å². The van der Waals surface area contributed by atoms with Crippen LogP contribution in [0.4, 0.5) is 4.39 Å². The van der Waals surface area contributed by atoms with Crippen molar-refractivity contribution in [2.75, 3.05) is 14.2 Å². The molecule has 0 spiro atoms. The van der Waals surface area contributed by atoms with Gasteiger partial charge >= 0.3 is 5.97 Å². The molecule has 2 atom stereocenters. The van der Waals surface area contributed by atoms with E-state index in [2.05, 4.69) is 11.1 Å². The molecule has 0 amide bonds. The van der Waals surface area contributed by atoms with E-state index in [1.165, 1.54) is 13.2 Å². The van der Waals surface area contributed by atoms with Crippen molar-refractivity contribution in [3.63, 3.8) is 0 Å². The predicted octanol–water partition coefficient (Wildman–Crippen LogP) is 3.65. The Morgan fingerprint density at radius 2 is 1.85 bits per heavy atom. The number of aromatic amines is 1. The molecule has 0 fully saturated rings. The fourth-order valence-corrected chi connectivity index (χ4v) is 4.74. The van der Waals surface area contributed by atoms with Crippen LogP contribution in [0.3, 0.4) is 0 Å². The third-order valence-corrected chi connectivity index (χ3v) is 6.39. The average Bonchev–Trinajstić information content (AvgIpc) is 3.25. The van der Waals surface area contributed by atoms with Crippen molar-refractivity contribution in [1.82, 2.24) is 4.98 Å². The number of nitrogens with two attached hydrogens (primary N) is 1. The molecular formula is C27H26FN2O4+. The molecule has 34 heavy (non-hydrogen) atoms. The number of nitrogens with one attached hydrogen (secondary N) is 1. The quantitative estimate of drug-likeness (QED) is 0.430. The molecule has 1 aliphatic rings. The maximum Gasteiger partial charge on any atom is 0.364 e. The van der Waals surface area contributed by atoms with Crippen LogP contribution in [0, 0.1) is 5.82 Å². The van der Waals surface area contributed by atoms with Gasteiger partial charge in [0.15, 0.2) is 23.7 Å². The molecule has 0 unspecified atom stereocenters. The zero-order chi connectivity index (χ0) is 23.7. The van der Waals surface area contributed by atoms with E-state index in [4.69, 9.17) is 14.2 Å². The van der Waals surface area contributed by atoms with Crippen LogP contribution < -0.4 is 14.8 Å². The summed E-state index contributed by atoms with van der Waals surface area (Å²) in [5.74, 6) is 0.166. The summed E-state index contributed by atoms with van der Waals surface area (Å²) in [6, 6.07) is 19.8. The van der Waals surface area contributed by atoms with Gasteiger partial charge in [-0.15, -0.1) is 0 Å². The van der Waals surface area contributed by atoms with E-state index in [9.17, 15) is 9.18 Å². The molecule has 7 heteroatoms. The van der Waals surface area contributed by atoms with Gasteiger partial charge in [-0.25, -0.2) is 9.18 Å². The van der Waals surface area contributed by atoms with Crippen LogP contribution in [0.25, 0.3) is 10.9 Å². The highest BCUT2D eigenvalue weighted by Crippen LogP contribution is 2.34. The highest BCUT2D eigenvalue weighted by Gasteiger charge is 2.38. The predicted molar refractivity (Wildman–Crippen MR) is 125 cm³/mol. The number of fused-ring (bicyclic) bond motifs is 3. The van der Waals surface area contributed by atoms with Gasteiger partial charge in [0.05, 0.1) is 19.9 Å². The molecule has 0 radical (unpaired) electrons. The largest absolute Gasteiger partial charge is 0.496 e. The number of quaternary nitrogens is 1. The molecule has 1 aliphatic heterocycles. The number of hydrogen-bond acceptors (Lipinski definition) is 4. The molecule has 2 heterocycles. The number of carbonyl (C=O) groups excluding carboxylic acids is 1. The minimum absolute atomic E-state index is 0.144. The molecule has 5 rings (SSSR count). The van der Waals surface area contributed by atoms with Crippen molar-refractivity contribution in [2.45, 2.75) is 25.1 Å². The lowest BCUT2D eigenvalue weighted by atomic mass is 9.89. The topological polar surface area (TPSA) is 77.2 Å². The van der Waals surface area contributed by atoms with Gasteiger partial charge in [-0.3, -0.25) is 0 Å². The number of ether oxygens (including phenoxy) is 3. The number of carbonyl (C=O) groups is 1. The molecule has 0 saturated carbocycles. The fourth-order valence-electron chi connectivity index (χ4n) is 4.74. The summed E-state index contributed by atoms with van der Waals surface area (Å²) in [5.41, 5.74) is 4.99. The van der Waals surface area contributed by atoms with Crippen molar-refractivity contribution in [2.24, 2.45) is 0 Å². The maximum atomic E-state index is 14.1. The van der Waals surface area contributed by atoms with E-state index in [1.54, 1.807) is 25.3 Å². The van der Waals surface area contributed by atoms with Gasteiger partial charge in [0.25, 0.3) is 0 Å². The zero-order valence-electron chi connectivity index (χ0n) is 19.0. The SMILES string of the molecule is COC(=O)[C@H]1Cc2c([nH]c3ccccc23)[C@H](c2ccc(OC)c(COc3ccccc3F)c2)[NH2+]1. The molecule has 4 aromatic rings. The lowest BCUT2D eigenvalue weighted by Gasteiger charge is -2.27. The Balaban J connectivity index is 1.54. The normalized spacial score (nSPS) is 17.3. The Hall–Kier alpha value is -3.84. The van der Waals surface area contributed by atoms with Crippen LogP contribution in [-0.4, -0.2) is 31.2 Å². The first kappa shape index (κ1) is 22.0. The van der Waals surface area contributed by atoms with Crippen LogP contribution in [0.2, 0.25) is 0 Å². The van der Waals surface area contributed by atoms with Crippen LogP contribution in [0.15, 0.2) is 66.7 Å². The Morgan fingerprint density at radius 1 is 1.06 bits per heavy atom. The van der Waals surface area contributed by atoms with Gasteiger partial charge in [-0.2, -0.15) is 0 Å². The van der Waals surface area contributed by atoms with Gasteiger partial charge in [0.2, 0.25) is 0 Å². The number of hydrogen-bond donors (Lipinski definition) is 2. The molecule has 0 bridgehead atoms. The fraction of sp³-hybridized carbons (Fsp3) is 0.222. The molecule has 3 N–H and O–H groups in total. The molecule has 174 valence electrons. The number of H-pyrrole nitrogens is 1. The highest BCUT2D eigenvalue weighted by atomic mass is 19.1.